The molecule has 104 heavy (non-hydrogen) atoms. The third kappa shape index (κ3) is 23.7. The second-order valence-electron chi connectivity index (χ2n) is 29.5. The van der Waals surface area contributed by atoms with Crippen LogP contribution < -0.4 is 75.3 Å². The summed E-state index contributed by atoms with van der Waals surface area (Å²) in [5.74, 6) is -14.4. The maximum atomic E-state index is 15.3. The fraction of sp³-hybridized carbons (Fsp3) is 0.754. The van der Waals surface area contributed by atoms with Crippen LogP contribution >= 0.6 is 23.5 Å². The van der Waals surface area contributed by atoms with E-state index in [4.69, 9.17) is 11.5 Å². The number of aliphatic hydroxyl groups is 1. The summed E-state index contributed by atoms with van der Waals surface area (Å²) in [7, 11) is 0. The lowest BCUT2D eigenvalue weighted by Crippen LogP contribution is -2.61. The number of rotatable bonds is 15. The smallest absolute Gasteiger partial charge is 0.393 e. The summed E-state index contributed by atoms with van der Waals surface area (Å²) in [6.07, 6.45) is -6.54. The number of alkyl halides is 5. The third-order valence-electron chi connectivity index (χ3n) is 21.9. The molecule has 1 aromatic rings. The Labute approximate surface area is 610 Å². The minimum atomic E-state index is -4.93. The minimum absolute atomic E-state index is 0.00934. The normalized spacial score (nSPS) is 34.9. The lowest BCUT2D eigenvalue weighted by Gasteiger charge is -2.34. The molecular formula is C69H104F5N15O13S2. The van der Waals surface area contributed by atoms with Crippen molar-refractivity contribution in [1.29, 1.82) is 0 Å². The lowest BCUT2D eigenvalue weighted by atomic mass is 9.76. The van der Waals surface area contributed by atoms with E-state index in [1.807, 2.05) is 18.2 Å². The first-order chi connectivity index (χ1) is 49.7. The van der Waals surface area contributed by atoms with E-state index in [1.54, 1.807) is 6.07 Å². The maximum Gasteiger partial charge on any atom is 0.393 e. The van der Waals surface area contributed by atoms with E-state index in [2.05, 4.69) is 63.8 Å². The predicted molar refractivity (Wildman–Crippen MR) is 375 cm³/mol. The van der Waals surface area contributed by atoms with Gasteiger partial charge in [-0.05, 0) is 176 Å². The Kier molecular flexibility index (Phi) is 30.5. The summed E-state index contributed by atoms with van der Waals surface area (Å²) >= 11 is 2.62. The first kappa shape index (κ1) is 81.6. The zero-order chi connectivity index (χ0) is 74.8. The summed E-state index contributed by atoms with van der Waals surface area (Å²) in [6, 6.07) is -6.30. The van der Waals surface area contributed by atoms with Gasteiger partial charge in [0.2, 0.25) is 59.1 Å². The molecule has 4 saturated heterocycles. The van der Waals surface area contributed by atoms with E-state index >= 15 is 28.0 Å². The lowest BCUT2D eigenvalue weighted by molar-refractivity contribution is -0.171. The van der Waals surface area contributed by atoms with Crippen molar-refractivity contribution in [2.45, 2.75) is 231 Å². The molecule has 5 heterocycles. The van der Waals surface area contributed by atoms with Gasteiger partial charge in [-0.1, -0.05) is 24.3 Å². The number of hydrogen-bond donors (Lipinski definition) is 16. The monoisotopic (exact) mass is 1510 g/mol. The molecule has 2 bridgehead atoms. The number of nitrogens with two attached hydrogens (primary N) is 2. The molecule has 10 amide bonds. The summed E-state index contributed by atoms with van der Waals surface area (Å²) in [4.78, 5) is 158. The molecule has 3 aliphatic carbocycles. The number of benzene rings is 1. The van der Waals surface area contributed by atoms with Gasteiger partial charge in [0.15, 0.2) is 0 Å². The minimum Gasteiger partial charge on any atom is -0.481 e. The number of amides is 10. The van der Waals surface area contributed by atoms with Crippen molar-refractivity contribution in [1.82, 2.24) is 68.7 Å². The number of unbranched alkanes of at least 4 members (excludes halogenated alkanes) is 1. The predicted octanol–water partition coefficient (Wildman–Crippen LogP) is 0.0177. The van der Waals surface area contributed by atoms with E-state index in [-0.39, 0.29) is 126 Å². The maximum absolute atomic E-state index is 15.3. The van der Waals surface area contributed by atoms with E-state index in [9.17, 15) is 56.9 Å². The number of thioether (sulfide) groups is 2. The van der Waals surface area contributed by atoms with Gasteiger partial charge in [-0.15, -0.1) is 0 Å². The van der Waals surface area contributed by atoms with Gasteiger partial charge in [-0.3, -0.25) is 52.7 Å². The second-order valence-corrected chi connectivity index (χ2v) is 31.6. The summed E-state index contributed by atoms with van der Waals surface area (Å²) < 4.78 is 75.1. The SMILES string of the molecule is NCCCC[C@@H]1NC(=O)CCSCc2cccc(c2)CSCC(C(N)=O)NC(=O)[C@@H]2C[C@H](C(F)(F)F)CN2C(=O)[C@H](CC2CCC(O)CC2)NC(=O)[C@H](CC2CNCN2)NC(=O)[C@H](CC(=O)O)NC(=O)[C@H](CC2CNC3CCC(F)CC23)NC(=O)[C@H](CC2CNC3CCC(F)CC23)NC(=O)CNC1=O. The van der Waals surface area contributed by atoms with Gasteiger partial charge in [-0.2, -0.15) is 36.7 Å². The van der Waals surface area contributed by atoms with Crippen LogP contribution in [-0.2, 0) is 64.2 Å². The number of carbonyl (C=O) groups is 11. The molecule has 0 aromatic heterocycles. The molecule has 18 N–H and O–H groups in total. The van der Waals surface area contributed by atoms with Gasteiger partial charge >= 0.3 is 12.1 Å². The summed E-state index contributed by atoms with van der Waals surface area (Å²) in [6.45, 7) is -0.345. The van der Waals surface area contributed by atoms with Crippen LogP contribution in [0.5, 0.6) is 0 Å². The Hall–Kier alpha value is -6.50. The zero-order valence-electron chi connectivity index (χ0n) is 58.5. The second kappa shape index (κ2) is 38.9. The number of nitrogens with zero attached hydrogens (tertiary/aromatic N) is 1. The number of halogens is 5. The van der Waals surface area contributed by atoms with Crippen LogP contribution in [0.1, 0.15) is 140 Å². The van der Waals surface area contributed by atoms with E-state index in [1.165, 1.54) is 23.5 Å². The molecule has 8 aliphatic rings. The molecule has 1 aromatic carbocycles. The van der Waals surface area contributed by atoms with Gasteiger partial charge in [0.25, 0.3) is 0 Å². The number of carboxylic acid groups (broad SMARTS) is 1. The fourth-order valence-corrected chi connectivity index (χ4v) is 18.1. The van der Waals surface area contributed by atoms with Crippen molar-refractivity contribution >= 4 is 88.6 Å². The van der Waals surface area contributed by atoms with Crippen LogP contribution in [0.4, 0.5) is 22.0 Å². The van der Waals surface area contributed by atoms with E-state index < -0.39 is 194 Å². The Balaban J connectivity index is 1.04. The van der Waals surface area contributed by atoms with Crippen LogP contribution in [0, 0.1) is 35.5 Å². The van der Waals surface area contributed by atoms with E-state index in [0.717, 1.165) is 16.0 Å². The van der Waals surface area contributed by atoms with Crippen LogP contribution in [0.3, 0.4) is 0 Å². The molecule has 28 nitrogen and oxygen atoms in total. The topological polar surface area (TPSA) is 428 Å². The highest BCUT2D eigenvalue weighted by molar-refractivity contribution is 7.98. The number of hydrogen-bond acceptors (Lipinski definition) is 19. The number of nitrogens with one attached hydrogen (secondary N) is 12. The average Bonchev–Trinajstić information content (AvgIpc) is 1.64. The summed E-state index contributed by atoms with van der Waals surface area (Å²) in [5.41, 5.74) is 13.3. The Bertz CT molecular complexity index is 3160. The molecule has 7 fully saturated rings. The van der Waals surface area contributed by atoms with Crippen LogP contribution in [0.25, 0.3) is 0 Å². The Morgan fingerprint density at radius 2 is 1.19 bits per heavy atom. The highest BCUT2D eigenvalue weighted by Gasteiger charge is 2.53. The molecule has 9 rings (SSSR count). The van der Waals surface area contributed by atoms with Gasteiger partial charge in [-0.25, -0.2) is 8.78 Å². The van der Waals surface area contributed by atoms with Crippen molar-refractivity contribution < 1.29 is 84.9 Å². The molecule has 18 atom stereocenters. The van der Waals surface area contributed by atoms with Gasteiger partial charge in [0, 0.05) is 67.3 Å². The standard InChI is InChI=1S/C69H104F5N15O13S2/c70-42-9-13-48-46(23-42)39(27-78-48)20-51-63(97)84-52(21-40-28-79-49-14-10-43(71)24-47(40)49)64(98)86-54(26-60(93)94)66(100)85-53(25-44-29-77-35-81-44)65(99)87-55(19-36-7-11-45(90)12-8-36)68(102)89-31-41(69(72,73)74)22-57(89)67(101)88-56(61(76)95)34-104-33-38-5-3-4-37(18-38)32-103-17-15-58(91)82-50(6-1-2-16-75)62(96)80-30-59(92)83-51/h3-5,18,36,39-57,77-79,81,90H,1-2,6-17,19-35,75H2,(H2,76,95)(H,80,96)(H,82,91)(H,83,92)(H,84,97)(H,85,100)(H,86,98)(H,87,99)(H,88,101)(H,93,94)/t36?,39?,40?,41-,42?,43?,44?,45?,46?,47?,48?,49?,50-,51-,52-,53-,54-,55-,56?,57-/m0/s1. The largest absolute Gasteiger partial charge is 0.481 e. The number of aliphatic carboxylic acids is 1. The van der Waals surface area contributed by atoms with Crippen molar-refractivity contribution in [3.63, 3.8) is 0 Å². The molecule has 3 saturated carbocycles. The van der Waals surface area contributed by atoms with Crippen LogP contribution in [-0.4, -0.2) is 229 Å². The molecular weight excluding hydrogens is 1410 g/mol. The molecule has 0 spiro atoms. The molecule has 0 radical (unpaired) electrons. The van der Waals surface area contributed by atoms with Crippen molar-refractivity contribution in [2.24, 2.45) is 47.0 Å². The molecule has 35 heteroatoms. The number of fused-ring (bicyclic) bond motifs is 5. The van der Waals surface area contributed by atoms with Gasteiger partial charge in [0.05, 0.1) is 25.0 Å². The third-order valence-corrected chi connectivity index (χ3v) is 24.1. The Morgan fingerprint density at radius 1 is 0.615 bits per heavy atom. The summed E-state index contributed by atoms with van der Waals surface area (Å²) in [5, 5.41) is 54.9. The zero-order valence-corrected chi connectivity index (χ0v) is 60.1. The average molecular weight is 1510 g/mol. The highest BCUT2D eigenvalue weighted by Crippen LogP contribution is 2.41. The molecule has 10 unspecified atom stereocenters. The van der Waals surface area contributed by atoms with E-state index in [0.29, 0.717) is 69.5 Å². The fourth-order valence-electron chi connectivity index (χ4n) is 16.2. The quantitative estimate of drug-likeness (QED) is 0.0813. The van der Waals surface area contributed by atoms with Crippen LogP contribution in [0.15, 0.2) is 24.3 Å². The van der Waals surface area contributed by atoms with Crippen LogP contribution in [0.2, 0.25) is 0 Å². The Morgan fingerprint density at radius 3 is 1.78 bits per heavy atom. The molecule has 580 valence electrons. The number of aliphatic hydroxyl groups excluding tert-OH is 1. The number of carboxylic acids is 1. The van der Waals surface area contributed by atoms with Gasteiger partial charge < -0.3 is 90.4 Å². The highest BCUT2D eigenvalue weighted by atomic mass is 32.2. The van der Waals surface area contributed by atoms with Crippen molar-refractivity contribution in [3.8, 4) is 0 Å². The number of carbonyl (C=O) groups excluding carboxylic acids is 10. The molecule has 5 aliphatic heterocycles. The first-order valence-corrected chi connectivity index (χ1v) is 39.1. The van der Waals surface area contributed by atoms with Crippen molar-refractivity contribution in [3.05, 3.63) is 35.4 Å². The number of primary amides is 1. The first-order valence-electron chi connectivity index (χ1n) is 36.7. The van der Waals surface area contributed by atoms with Gasteiger partial charge in [0.1, 0.15) is 60.7 Å². The van der Waals surface area contributed by atoms with Crippen molar-refractivity contribution in [2.75, 3.05) is 57.4 Å².